The van der Waals surface area contributed by atoms with E-state index < -0.39 is 11.7 Å². The van der Waals surface area contributed by atoms with Crippen molar-refractivity contribution in [2.45, 2.75) is 26.3 Å². The molecule has 0 aliphatic rings. The molecule has 0 aliphatic carbocycles. The Morgan fingerprint density at radius 3 is 2.53 bits per heavy atom. The van der Waals surface area contributed by atoms with E-state index in [0.717, 1.165) is 0 Å². The molecule has 0 atom stereocenters. The van der Waals surface area contributed by atoms with Crippen molar-refractivity contribution in [3.05, 3.63) is 34.1 Å². The standard InChI is InChI=1S/C11H13BrFNO/c1-11(2,3)14-10(15)8-6-7(12)4-5-9(8)13/h4-6H,1-3H3,(H,14,15). The lowest BCUT2D eigenvalue weighted by Gasteiger charge is -2.20. The average molecular weight is 274 g/mol. The molecule has 0 saturated heterocycles. The number of carbonyl (C=O) groups is 1. The Labute approximate surface area is 97.0 Å². The van der Waals surface area contributed by atoms with Crippen LogP contribution in [0.15, 0.2) is 22.7 Å². The van der Waals surface area contributed by atoms with Gasteiger partial charge in [0.25, 0.3) is 5.91 Å². The summed E-state index contributed by atoms with van der Waals surface area (Å²) in [4.78, 5) is 11.7. The predicted octanol–water partition coefficient (Wildman–Crippen LogP) is 3.12. The SMILES string of the molecule is CC(C)(C)NC(=O)c1cc(Br)ccc1F. The smallest absolute Gasteiger partial charge is 0.254 e. The highest BCUT2D eigenvalue weighted by atomic mass is 79.9. The van der Waals surface area contributed by atoms with Crippen LogP contribution in [-0.4, -0.2) is 11.4 Å². The van der Waals surface area contributed by atoms with Crippen LogP contribution in [0.2, 0.25) is 0 Å². The van der Waals surface area contributed by atoms with Gasteiger partial charge in [0.2, 0.25) is 0 Å². The van der Waals surface area contributed by atoms with Gasteiger partial charge >= 0.3 is 0 Å². The predicted molar refractivity (Wildman–Crippen MR) is 61.3 cm³/mol. The highest BCUT2D eigenvalue weighted by Crippen LogP contribution is 2.16. The van der Waals surface area contributed by atoms with Crippen molar-refractivity contribution in [1.82, 2.24) is 5.32 Å². The summed E-state index contributed by atoms with van der Waals surface area (Å²) >= 11 is 3.20. The second-order valence-corrected chi connectivity index (χ2v) is 5.24. The molecule has 0 saturated carbocycles. The number of hydrogen-bond acceptors (Lipinski definition) is 1. The zero-order valence-electron chi connectivity index (χ0n) is 8.90. The Hall–Kier alpha value is -0.900. The molecule has 0 bridgehead atoms. The molecule has 0 fully saturated rings. The van der Waals surface area contributed by atoms with Crippen molar-refractivity contribution in [2.24, 2.45) is 0 Å². The third kappa shape index (κ3) is 3.63. The summed E-state index contributed by atoms with van der Waals surface area (Å²) in [6.45, 7) is 5.54. The third-order valence-electron chi connectivity index (χ3n) is 1.66. The molecule has 82 valence electrons. The van der Waals surface area contributed by atoms with Crippen molar-refractivity contribution < 1.29 is 9.18 Å². The molecular formula is C11H13BrFNO. The first kappa shape index (κ1) is 12.2. The van der Waals surface area contributed by atoms with Crippen LogP contribution in [0.3, 0.4) is 0 Å². The van der Waals surface area contributed by atoms with Crippen LogP contribution in [0, 0.1) is 5.82 Å². The van der Waals surface area contributed by atoms with Gasteiger partial charge in [0.05, 0.1) is 5.56 Å². The molecule has 0 unspecified atom stereocenters. The molecule has 0 radical (unpaired) electrons. The molecule has 0 aromatic heterocycles. The van der Waals surface area contributed by atoms with Gasteiger partial charge in [-0.2, -0.15) is 0 Å². The fraction of sp³-hybridized carbons (Fsp3) is 0.364. The van der Waals surface area contributed by atoms with Crippen molar-refractivity contribution >= 4 is 21.8 Å². The molecule has 1 aromatic carbocycles. The maximum Gasteiger partial charge on any atom is 0.254 e. The lowest BCUT2D eigenvalue weighted by molar-refractivity contribution is 0.0915. The Morgan fingerprint density at radius 1 is 1.40 bits per heavy atom. The van der Waals surface area contributed by atoms with E-state index in [4.69, 9.17) is 0 Å². The van der Waals surface area contributed by atoms with E-state index in [0.29, 0.717) is 4.47 Å². The van der Waals surface area contributed by atoms with E-state index in [2.05, 4.69) is 21.2 Å². The zero-order valence-corrected chi connectivity index (χ0v) is 10.5. The molecule has 1 rings (SSSR count). The maximum atomic E-state index is 13.3. The van der Waals surface area contributed by atoms with Crippen molar-refractivity contribution in [1.29, 1.82) is 0 Å². The monoisotopic (exact) mass is 273 g/mol. The molecular weight excluding hydrogens is 261 g/mol. The maximum absolute atomic E-state index is 13.3. The average Bonchev–Trinajstić information content (AvgIpc) is 2.06. The van der Waals surface area contributed by atoms with Gasteiger partial charge in [-0.05, 0) is 39.0 Å². The second kappa shape index (κ2) is 4.31. The quantitative estimate of drug-likeness (QED) is 0.837. The number of halogens is 2. The highest BCUT2D eigenvalue weighted by Gasteiger charge is 2.18. The van der Waals surface area contributed by atoms with Gasteiger partial charge in [-0.1, -0.05) is 15.9 Å². The van der Waals surface area contributed by atoms with Gasteiger partial charge in [0.15, 0.2) is 0 Å². The van der Waals surface area contributed by atoms with Crippen LogP contribution >= 0.6 is 15.9 Å². The molecule has 2 nitrogen and oxygen atoms in total. The van der Waals surface area contributed by atoms with Crippen LogP contribution in [0.1, 0.15) is 31.1 Å². The van der Waals surface area contributed by atoms with E-state index in [1.807, 2.05) is 20.8 Å². The zero-order chi connectivity index (χ0) is 11.6. The summed E-state index contributed by atoms with van der Waals surface area (Å²) in [6, 6.07) is 4.29. The van der Waals surface area contributed by atoms with Gasteiger partial charge in [0.1, 0.15) is 5.82 Å². The summed E-state index contributed by atoms with van der Waals surface area (Å²) < 4.78 is 14.0. The Morgan fingerprint density at radius 2 is 2.00 bits per heavy atom. The van der Waals surface area contributed by atoms with E-state index in [1.54, 1.807) is 6.07 Å². The Balaban J connectivity index is 2.96. The normalized spacial score (nSPS) is 11.3. The first-order chi connectivity index (χ1) is 6.79. The van der Waals surface area contributed by atoms with Crippen LogP contribution in [0.25, 0.3) is 0 Å². The van der Waals surface area contributed by atoms with E-state index >= 15 is 0 Å². The van der Waals surface area contributed by atoms with Crippen molar-refractivity contribution in [3.63, 3.8) is 0 Å². The van der Waals surface area contributed by atoms with Gasteiger partial charge in [-0.15, -0.1) is 0 Å². The van der Waals surface area contributed by atoms with Crippen LogP contribution in [-0.2, 0) is 0 Å². The highest BCUT2D eigenvalue weighted by molar-refractivity contribution is 9.10. The lowest BCUT2D eigenvalue weighted by atomic mass is 10.1. The van der Waals surface area contributed by atoms with Crippen LogP contribution in [0.5, 0.6) is 0 Å². The van der Waals surface area contributed by atoms with Crippen molar-refractivity contribution in [3.8, 4) is 0 Å². The Kier molecular flexibility index (Phi) is 3.50. The minimum atomic E-state index is -0.514. The summed E-state index contributed by atoms with van der Waals surface area (Å²) in [5.41, 5.74) is -0.314. The summed E-state index contributed by atoms with van der Waals surface area (Å²) in [5.74, 6) is -0.916. The first-order valence-corrected chi connectivity index (χ1v) is 5.36. The number of carbonyl (C=O) groups excluding carboxylic acids is 1. The molecule has 1 amide bonds. The van der Waals surface area contributed by atoms with Gasteiger partial charge in [-0.25, -0.2) is 4.39 Å². The molecule has 4 heteroatoms. The van der Waals surface area contributed by atoms with E-state index in [9.17, 15) is 9.18 Å². The van der Waals surface area contributed by atoms with Gasteiger partial charge < -0.3 is 5.32 Å². The minimum Gasteiger partial charge on any atom is -0.347 e. The second-order valence-electron chi connectivity index (χ2n) is 4.33. The van der Waals surface area contributed by atoms with Gasteiger partial charge in [0, 0.05) is 10.0 Å². The van der Waals surface area contributed by atoms with Crippen molar-refractivity contribution in [2.75, 3.05) is 0 Å². The van der Waals surface area contributed by atoms with Gasteiger partial charge in [-0.3, -0.25) is 4.79 Å². The third-order valence-corrected chi connectivity index (χ3v) is 2.15. The lowest BCUT2D eigenvalue weighted by Crippen LogP contribution is -2.40. The number of nitrogens with one attached hydrogen (secondary N) is 1. The summed E-state index contributed by atoms with van der Waals surface area (Å²) in [5, 5.41) is 2.70. The molecule has 1 aromatic rings. The molecule has 0 aliphatic heterocycles. The molecule has 15 heavy (non-hydrogen) atoms. The number of amides is 1. The van der Waals surface area contributed by atoms with Crippen LogP contribution < -0.4 is 5.32 Å². The number of benzene rings is 1. The first-order valence-electron chi connectivity index (χ1n) is 4.57. The topological polar surface area (TPSA) is 29.1 Å². The number of hydrogen-bond donors (Lipinski definition) is 1. The number of rotatable bonds is 1. The van der Waals surface area contributed by atoms with E-state index in [-0.39, 0.29) is 11.1 Å². The molecule has 1 N–H and O–H groups in total. The van der Waals surface area contributed by atoms with E-state index in [1.165, 1.54) is 12.1 Å². The molecule has 0 heterocycles. The summed E-state index contributed by atoms with van der Waals surface area (Å²) in [6.07, 6.45) is 0. The Bertz CT molecular complexity index is 385. The molecule has 0 spiro atoms. The fourth-order valence-corrected chi connectivity index (χ4v) is 1.44. The summed E-state index contributed by atoms with van der Waals surface area (Å²) in [7, 11) is 0. The largest absolute Gasteiger partial charge is 0.347 e. The minimum absolute atomic E-state index is 0.0549. The fourth-order valence-electron chi connectivity index (χ4n) is 1.08. The van der Waals surface area contributed by atoms with Crippen LogP contribution in [0.4, 0.5) is 4.39 Å².